The molecule has 2 fully saturated rings. The molecule has 1 amide bonds. The van der Waals surface area contributed by atoms with Gasteiger partial charge in [0.15, 0.2) is 11.5 Å². The molecule has 2 atom stereocenters. The number of nitrogens with zero attached hydrogens (tertiary/aromatic N) is 4. The van der Waals surface area contributed by atoms with Crippen LogP contribution in [-0.2, 0) is 4.74 Å². The molecule has 2 aromatic heterocycles. The maximum atomic E-state index is 12.7. The van der Waals surface area contributed by atoms with Crippen LogP contribution in [0.25, 0.3) is 11.3 Å². The zero-order valence-corrected chi connectivity index (χ0v) is 12.9. The number of morpholine rings is 1. The van der Waals surface area contributed by atoms with E-state index >= 15 is 0 Å². The zero-order valence-electron chi connectivity index (χ0n) is 12.9. The fourth-order valence-electron chi connectivity index (χ4n) is 3.21. The van der Waals surface area contributed by atoms with Crippen LogP contribution in [0.4, 0.5) is 0 Å². The minimum absolute atomic E-state index is 0.0856. The average molecular weight is 314 g/mol. The summed E-state index contributed by atoms with van der Waals surface area (Å²) in [5, 5.41) is 3.93. The van der Waals surface area contributed by atoms with Crippen molar-refractivity contribution in [3.05, 3.63) is 36.3 Å². The molecule has 4 rings (SSSR count). The SMILES string of the molecule is CN1CCO[C@@H]2CN(C(=O)c3cc(-c4cccnc4)on3)C[C@@H]21. The van der Waals surface area contributed by atoms with E-state index in [0.717, 1.165) is 18.7 Å². The third-order valence-corrected chi connectivity index (χ3v) is 4.54. The molecule has 7 heteroatoms. The quantitative estimate of drug-likeness (QED) is 0.820. The Morgan fingerprint density at radius 3 is 3.09 bits per heavy atom. The first-order valence-corrected chi connectivity index (χ1v) is 7.70. The summed E-state index contributed by atoms with van der Waals surface area (Å²) in [5.74, 6) is 0.432. The number of hydrogen-bond donors (Lipinski definition) is 0. The Kier molecular flexibility index (Phi) is 3.59. The summed E-state index contributed by atoms with van der Waals surface area (Å²) < 4.78 is 11.1. The van der Waals surface area contributed by atoms with Crippen molar-refractivity contribution < 1.29 is 14.1 Å². The van der Waals surface area contributed by atoms with Crippen LogP contribution in [-0.4, -0.2) is 71.3 Å². The van der Waals surface area contributed by atoms with E-state index in [-0.39, 0.29) is 18.1 Å². The van der Waals surface area contributed by atoms with Crippen LogP contribution >= 0.6 is 0 Å². The molecule has 0 radical (unpaired) electrons. The van der Waals surface area contributed by atoms with Crippen molar-refractivity contribution in [1.82, 2.24) is 19.9 Å². The molecule has 0 aromatic carbocycles. The van der Waals surface area contributed by atoms with E-state index in [1.807, 2.05) is 12.1 Å². The molecule has 4 heterocycles. The van der Waals surface area contributed by atoms with E-state index in [9.17, 15) is 4.79 Å². The van der Waals surface area contributed by atoms with Crippen molar-refractivity contribution in [2.75, 3.05) is 33.3 Å². The number of fused-ring (bicyclic) bond motifs is 1. The molecule has 0 aliphatic carbocycles. The minimum Gasteiger partial charge on any atom is -0.373 e. The normalized spacial score (nSPS) is 24.7. The minimum atomic E-state index is -0.115. The molecule has 0 N–H and O–H groups in total. The van der Waals surface area contributed by atoms with Crippen molar-refractivity contribution in [1.29, 1.82) is 0 Å². The smallest absolute Gasteiger partial charge is 0.276 e. The largest absolute Gasteiger partial charge is 0.373 e. The number of carbonyl (C=O) groups excluding carboxylic acids is 1. The standard InChI is InChI=1S/C16H18N4O3/c1-19-5-6-22-15-10-20(9-13(15)19)16(21)12-7-14(23-18-12)11-3-2-4-17-8-11/h2-4,7-8,13,15H,5-6,9-10H2,1H3/t13-,15+/m0/s1. The number of likely N-dealkylation sites (tertiary alicyclic amines) is 1. The van der Waals surface area contributed by atoms with E-state index in [4.69, 9.17) is 9.26 Å². The molecule has 0 saturated carbocycles. The number of hydrogen-bond acceptors (Lipinski definition) is 6. The third-order valence-electron chi connectivity index (χ3n) is 4.54. The van der Waals surface area contributed by atoms with Crippen molar-refractivity contribution in [3.8, 4) is 11.3 Å². The van der Waals surface area contributed by atoms with Crippen LogP contribution in [0.5, 0.6) is 0 Å². The molecule has 0 unspecified atom stereocenters. The first-order chi connectivity index (χ1) is 11.2. The highest BCUT2D eigenvalue weighted by Crippen LogP contribution is 2.24. The zero-order chi connectivity index (χ0) is 15.8. The monoisotopic (exact) mass is 314 g/mol. The second-order valence-electron chi connectivity index (χ2n) is 5.99. The summed E-state index contributed by atoms with van der Waals surface area (Å²) in [6, 6.07) is 5.62. The lowest BCUT2D eigenvalue weighted by molar-refractivity contribution is -0.0368. The molecule has 2 aromatic rings. The number of rotatable bonds is 2. The number of carbonyl (C=O) groups is 1. The lowest BCUT2D eigenvalue weighted by Crippen LogP contribution is -2.48. The van der Waals surface area contributed by atoms with Gasteiger partial charge in [-0.05, 0) is 19.2 Å². The molecule has 23 heavy (non-hydrogen) atoms. The van der Waals surface area contributed by atoms with Crippen LogP contribution in [0.2, 0.25) is 0 Å². The molecule has 0 spiro atoms. The summed E-state index contributed by atoms with van der Waals surface area (Å²) in [5.41, 5.74) is 1.13. The molecule has 2 aliphatic rings. The summed E-state index contributed by atoms with van der Waals surface area (Å²) in [4.78, 5) is 20.7. The van der Waals surface area contributed by atoms with Gasteiger partial charge in [0.05, 0.1) is 18.8 Å². The summed E-state index contributed by atoms with van der Waals surface area (Å²) in [7, 11) is 2.07. The van der Waals surface area contributed by atoms with Gasteiger partial charge in [-0.15, -0.1) is 0 Å². The van der Waals surface area contributed by atoms with Crippen molar-refractivity contribution in [3.63, 3.8) is 0 Å². The van der Waals surface area contributed by atoms with E-state index < -0.39 is 0 Å². The number of aromatic nitrogens is 2. The van der Waals surface area contributed by atoms with Gasteiger partial charge in [0.2, 0.25) is 0 Å². The van der Waals surface area contributed by atoms with E-state index in [0.29, 0.717) is 24.5 Å². The first kappa shape index (κ1) is 14.3. The van der Waals surface area contributed by atoms with Crippen LogP contribution in [0.15, 0.2) is 35.1 Å². The molecular weight excluding hydrogens is 296 g/mol. The summed E-state index contributed by atoms with van der Waals surface area (Å²) in [6.45, 7) is 2.88. The lowest BCUT2D eigenvalue weighted by Gasteiger charge is -2.33. The van der Waals surface area contributed by atoms with Gasteiger partial charge >= 0.3 is 0 Å². The van der Waals surface area contributed by atoms with Crippen LogP contribution in [0.3, 0.4) is 0 Å². The highest BCUT2D eigenvalue weighted by molar-refractivity contribution is 5.93. The van der Waals surface area contributed by atoms with Gasteiger partial charge in [0, 0.05) is 43.7 Å². The van der Waals surface area contributed by atoms with Gasteiger partial charge in [-0.25, -0.2) is 0 Å². The maximum Gasteiger partial charge on any atom is 0.276 e. The van der Waals surface area contributed by atoms with E-state index in [2.05, 4.69) is 22.1 Å². The molecule has 7 nitrogen and oxygen atoms in total. The van der Waals surface area contributed by atoms with Crippen LogP contribution in [0, 0.1) is 0 Å². The fourth-order valence-corrected chi connectivity index (χ4v) is 3.21. The Morgan fingerprint density at radius 2 is 2.30 bits per heavy atom. The third kappa shape index (κ3) is 2.62. The Hall–Kier alpha value is -2.25. The second-order valence-corrected chi connectivity index (χ2v) is 5.99. The Bertz CT molecular complexity index is 702. The van der Waals surface area contributed by atoms with E-state index in [1.54, 1.807) is 23.4 Å². The van der Waals surface area contributed by atoms with Crippen LogP contribution < -0.4 is 0 Å². The topological polar surface area (TPSA) is 71.7 Å². The number of pyridine rings is 1. The molecular formula is C16H18N4O3. The highest BCUT2D eigenvalue weighted by Gasteiger charge is 2.41. The predicted octanol–water partition coefficient (Wildman–Crippen LogP) is 0.892. The maximum absolute atomic E-state index is 12.7. The van der Waals surface area contributed by atoms with Crippen molar-refractivity contribution in [2.45, 2.75) is 12.1 Å². The molecule has 0 bridgehead atoms. The van der Waals surface area contributed by atoms with Crippen molar-refractivity contribution >= 4 is 5.91 Å². The second kappa shape index (κ2) is 5.75. The number of amides is 1. The predicted molar refractivity (Wildman–Crippen MR) is 81.8 cm³/mol. The van der Waals surface area contributed by atoms with Gasteiger partial charge in [-0.3, -0.25) is 14.7 Å². The summed E-state index contributed by atoms with van der Waals surface area (Å²) in [6.07, 6.45) is 3.46. The number of ether oxygens (including phenoxy) is 1. The molecule has 120 valence electrons. The van der Waals surface area contributed by atoms with Crippen molar-refractivity contribution in [2.24, 2.45) is 0 Å². The average Bonchev–Trinajstić information content (AvgIpc) is 3.23. The molecule has 2 saturated heterocycles. The first-order valence-electron chi connectivity index (χ1n) is 7.70. The Balaban J connectivity index is 1.51. The van der Waals surface area contributed by atoms with Gasteiger partial charge in [-0.2, -0.15) is 0 Å². The number of likely N-dealkylation sites (N-methyl/N-ethyl adjacent to an activating group) is 1. The van der Waals surface area contributed by atoms with E-state index in [1.165, 1.54) is 0 Å². The highest BCUT2D eigenvalue weighted by atomic mass is 16.5. The lowest BCUT2D eigenvalue weighted by atomic mass is 10.1. The van der Waals surface area contributed by atoms with Gasteiger partial charge in [0.1, 0.15) is 0 Å². The summed E-state index contributed by atoms with van der Waals surface area (Å²) >= 11 is 0. The molecule has 2 aliphatic heterocycles. The Morgan fingerprint density at radius 1 is 1.39 bits per heavy atom. The fraction of sp³-hybridized carbons (Fsp3) is 0.438. The van der Waals surface area contributed by atoms with Gasteiger partial charge in [-0.1, -0.05) is 5.16 Å². The van der Waals surface area contributed by atoms with Gasteiger partial charge in [0.25, 0.3) is 5.91 Å². The van der Waals surface area contributed by atoms with Crippen LogP contribution in [0.1, 0.15) is 10.5 Å². The van der Waals surface area contributed by atoms with Gasteiger partial charge < -0.3 is 14.2 Å². The Labute approximate surface area is 133 Å².